The lowest BCUT2D eigenvalue weighted by Gasteiger charge is -2.03. The number of hydrogen-bond acceptors (Lipinski definition) is 5. The molecule has 0 aliphatic heterocycles. The van der Waals surface area contributed by atoms with Crippen molar-refractivity contribution in [3.05, 3.63) is 78.6 Å². The lowest BCUT2D eigenvalue weighted by molar-refractivity contribution is 0.420. The Bertz CT molecular complexity index is 1190. The second kappa shape index (κ2) is 6.53. The predicted molar refractivity (Wildman–Crippen MR) is 100 cm³/mol. The zero-order valence-corrected chi connectivity index (χ0v) is 14.4. The first-order valence-electron chi connectivity index (χ1n) is 8.71. The lowest BCUT2D eigenvalue weighted by Crippen LogP contribution is -1.99. The lowest BCUT2D eigenvalue weighted by atomic mass is 10.1. The number of rotatable bonds is 5. The zero-order chi connectivity index (χ0) is 18.1. The van der Waals surface area contributed by atoms with Crippen molar-refractivity contribution in [3.63, 3.8) is 0 Å². The van der Waals surface area contributed by atoms with Crippen molar-refractivity contribution in [3.8, 4) is 17.3 Å². The van der Waals surface area contributed by atoms with Crippen LogP contribution in [0.3, 0.4) is 0 Å². The van der Waals surface area contributed by atoms with E-state index in [4.69, 9.17) is 4.52 Å². The van der Waals surface area contributed by atoms with Gasteiger partial charge in [0, 0.05) is 35.9 Å². The number of nitrogens with one attached hydrogen (secondary N) is 1. The third-order valence-electron chi connectivity index (χ3n) is 4.53. The van der Waals surface area contributed by atoms with Crippen molar-refractivity contribution in [2.45, 2.75) is 12.8 Å². The van der Waals surface area contributed by atoms with E-state index in [0.29, 0.717) is 18.1 Å². The number of pyridine rings is 1. The molecule has 0 amide bonds. The Morgan fingerprint density at radius 2 is 1.85 bits per heavy atom. The second-order valence-corrected chi connectivity index (χ2v) is 6.21. The first-order chi connectivity index (χ1) is 13.4. The van der Waals surface area contributed by atoms with Crippen LogP contribution in [0.15, 0.2) is 71.8 Å². The molecule has 1 N–H and O–H groups in total. The molecule has 132 valence electrons. The Balaban J connectivity index is 1.37. The standard InChI is InChI=1S/C20H16N6O/c1-2-4-17-16(3-1)14(13-22-17)5-6-19-24-20(27-25-19)18-9-12-23-26(18)15-7-10-21-11-8-15/h1-4,7-13,22H,5-6H2. The van der Waals surface area contributed by atoms with Gasteiger partial charge in [-0.25, -0.2) is 4.68 Å². The van der Waals surface area contributed by atoms with Crippen LogP contribution in [0.2, 0.25) is 0 Å². The average molecular weight is 356 g/mol. The molecule has 7 heteroatoms. The smallest absolute Gasteiger partial charge is 0.276 e. The second-order valence-electron chi connectivity index (χ2n) is 6.21. The Morgan fingerprint density at radius 1 is 0.963 bits per heavy atom. The Hall–Kier alpha value is -3.74. The molecule has 4 heterocycles. The molecule has 0 aliphatic rings. The minimum absolute atomic E-state index is 0.457. The summed E-state index contributed by atoms with van der Waals surface area (Å²) < 4.78 is 7.25. The Morgan fingerprint density at radius 3 is 2.78 bits per heavy atom. The number of aromatic amines is 1. The minimum atomic E-state index is 0.457. The average Bonchev–Trinajstić information content (AvgIpc) is 3.46. The number of fused-ring (bicyclic) bond motifs is 1. The van der Waals surface area contributed by atoms with Crippen molar-refractivity contribution in [1.29, 1.82) is 0 Å². The summed E-state index contributed by atoms with van der Waals surface area (Å²) in [4.78, 5) is 11.9. The number of aromatic nitrogens is 6. The van der Waals surface area contributed by atoms with E-state index >= 15 is 0 Å². The fourth-order valence-corrected chi connectivity index (χ4v) is 3.20. The molecule has 27 heavy (non-hydrogen) atoms. The normalized spacial score (nSPS) is 11.3. The van der Waals surface area contributed by atoms with Gasteiger partial charge in [-0.05, 0) is 36.2 Å². The first-order valence-corrected chi connectivity index (χ1v) is 8.71. The largest absolute Gasteiger partial charge is 0.361 e. The zero-order valence-electron chi connectivity index (χ0n) is 14.4. The minimum Gasteiger partial charge on any atom is -0.361 e. The van der Waals surface area contributed by atoms with Gasteiger partial charge >= 0.3 is 0 Å². The van der Waals surface area contributed by atoms with E-state index in [0.717, 1.165) is 23.3 Å². The molecule has 5 aromatic rings. The van der Waals surface area contributed by atoms with Gasteiger partial charge in [0.25, 0.3) is 5.89 Å². The van der Waals surface area contributed by atoms with Crippen LogP contribution < -0.4 is 0 Å². The van der Waals surface area contributed by atoms with Crippen molar-refractivity contribution in [2.75, 3.05) is 0 Å². The molecule has 0 bridgehead atoms. The number of aryl methyl sites for hydroxylation is 2. The summed E-state index contributed by atoms with van der Waals surface area (Å²) in [5.41, 5.74) is 4.04. The highest BCUT2D eigenvalue weighted by atomic mass is 16.5. The molecule has 0 atom stereocenters. The fraction of sp³-hybridized carbons (Fsp3) is 0.100. The molecule has 0 saturated heterocycles. The van der Waals surface area contributed by atoms with E-state index in [9.17, 15) is 0 Å². The number of nitrogens with zero attached hydrogens (tertiary/aromatic N) is 5. The molecule has 0 saturated carbocycles. The van der Waals surface area contributed by atoms with Crippen molar-refractivity contribution in [1.82, 2.24) is 29.9 Å². The van der Waals surface area contributed by atoms with E-state index in [-0.39, 0.29) is 0 Å². The highest BCUT2D eigenvalue weighted by Crippen LogP contribution is 2.22. The summed E-state index contributed by atoms with van der Waals surface area (Å²) in [6.45, 7) is 0. The van der Waals surface area contributed by atoms with Crippen LogP contribution in [0.4, 0.5) is 0 Å². The van der Waals surface area contributed by atoms with Gasteiger partial charge < -0.3 is 9.51 Å². The molecule has 1 aromatic carbocycles. The van der Waals surface area contributed by atoms with Gasteiger partial charge in [0.15, 0.2) is 5.82 Å². The van der Waals surface area contributed by atoms with Gasteiger partial charge in [0.2, 0.25) is 0 Å². The van der Waals surface area contributed by atoms with Crippen LogP contribution in [0, 0.1) is 0 Å². The van der Waals surface area contributed by atoms with Gasteiger partial charge in [-0.1, -0.05) is 23.4 Å². The van der Waals surface area contributed by atoms with Crippen LogP contribution in [0.25, 0.3) is 28.2 Å². The predicted octanol–water partition coefficient (Wildman–Crippen LogP) is 3.58. The number of H-pyrrole nitrogens is 1. The van der Waals surface area contributed by atoms with E-state index in [1.54, 1.807) is 23.3 Å². The van der Waals surface area contributed by atoms with E-state index < -0.39 is 0 Å². The summed E-state index contributed by atoms with van der Waals surface area (Å²) in [5, 5.41) is 9.72. The van der Waals surface area contributed by atoms with E-state index in [1.165, 1.54) is 10.9 Å². The molecule has 0 aliphatic carbocycles. The summed E-state index contributed by atoms with van der Waals surface area (Å²) >= 11 is 0. The molecular weight excluding hydrogens is 340 g/mol. The maximum absolute atomic E-state index is 5.48. The van der Waals surface area contributed by atoms with Crippen molar-refractivity contribution < 1.29 is 4.52 Å². The maximum atomic E-state index is 5.48. The molecule has 7 nitrogen and oxygen atoms in total. The molecule has 0 radical (unpaired) electrons. The van der Waals surface area contributed by atoms with Gasteiger partial charge in [-0.15, -0.1) is 0 Å². The molecule has 5 rings (SSSR count). The van der Waals surface area contributed by atoms with Gasteiger partial charge in [-0.2, -0.15) is 10.1 Å². The fourth-order valence-electron chi connectivity index (χ4n) is 3.20. The third kappa shape index (κ3) is 2.89. The third-order valence-corrected chi connectivity index (χ3v) is 4.53. The monoisotopic (exact) mass is 356 g/mol. The van der Waals surface area contributed by atoms with E-state index in [2.05, 4.69) is 37.3 Å². The first kappa shape index (κ1) is 15.5. The summed E-state index contributed by atoms with van der Waals surface area (Å²) in [5.74, 6) is 1.14. The number of benzene rings is 1. The molecule has 0 spiro atoms. The summed E-state index contributed by atoms with van der Waals surface area (Å²) in [7, 11) is 0. The van der Waals surface area contributed by atoms with Crippen LogP contribution in [-0.2, 0) is 12.8 Å². The topological polar surface area (TPSA) is 85.4 Å². The Kier molecular flexibility index (Phi) is 3.75. The van der Waals surface area contributed by atoms with Crippen molar-refractivity contribution in [2.24, 2.45) is 0 Å². The van der Waals surface area contributed by atoms with Crippen LogP contribution in [0.1, 0.15) is 11.4 Å². The molecule has 0 unspecified atom stereocenters. The highest BCUT2D eigenvalue weighted by molar-refractivity contribution is 5.83. The highest BCUT2D eigenvalue weighted by Gasteiger charge is 2.15. The number of hydrogen-bond donors (Lipinski definition) is 1. The van der Waals surface area contributed by atoms with Gasteiger partial charge in [0.05, 0.1) is 11.9 Å². The van der Waals surface area contributed by atoms with Gasteiger partial charge in [-0.3, -0.25) is 4.98 Å². The SMILES string of the molecule is c1ccc2c(CCc3noc(-c4ccnn4-c4ccncc4)n3)c[nH]c2c1. The van der Waals surface area contributed by atoms with E-state index in [1.807, 2.05) is 36.5 Å². The Labute approximate surface area is 154 Å². The summed E-state index contributed by atoms with van der Waals surface area (Å²) in [6.07, 6.45) is 8.75. The molecule has 0 fully saturated rings. The van der Waals surface area contributed by atoms with Crippen LogP contribution in [-0.4, -0.2) is 29.9 Å². The van der Waals surface area contributed by atoms with Gasteiger partial charge in [0.1, 0.15) is 5.69 Å². The quantitative estimate of drug-likeness (QED) is 0.520. The number of para-hydroxylation sites is 1. The van der Waals surface area contributed by atoms with Crippen LogP contribution >= 0.6 is 0 Å². The van der Waals surface area contributed by atoms with Crippen molar-refractivity contribution >= 4 is 10.9 Å². The molecule has 4 aromatic heterocycles. The summed E-state index contributed by atoms with van der Waals surface area (Å²) in [6, 6.07) is 13.9. The maximum Gasteiger partial charge on any atom is 0.276 e. The van der Waals surface area contributed by atoms with Crippen LogP contribution in [0.5, 0.6) is 0 Å². The molecular formula is C20H16N6O.